The minimum atomic E-state index is -1.11. The lowest BCUT2D eigenvalue weighted by Gasteiger charge is -2.38. The standard InChI is InChI=1S/C20H17F3N4O4/c1-2-31-20(30)11-8-27(19-14(23)4-13(22)18(24)25-19)15-5-16(26-6-9(28)7-26)12(21)3-10(15)17(11)29/h3-5,8-9,28H,2,6-7H2,1H3,(H2,24,25). The van der Waals surface area contributed by atoms with Gasteiger partial charge in [0.05, 0.1) is 29.3 Å². The molecular weight excluding hydrogens is 417 g/mol. The molecule has 162 valence electrons. The molecule has 0 saturated carbocycles. The number of carbonyl (C=O) groups is 1. The highest BCUT2D eigenvalue weighted by molar-refractivity contribution is 5.95. The Balaban J connectivity index is 2.05. The number of ether oxygens (including phenoxy) is 1. The summed E-state index contributed by atoms with van der Waals surface area (Å²) in [5.74, 6) is -5.05. The number of rotatable bonds is 4. The number of hydrogen-bond acceptors (Lipinski definition) is 7. The van der Waals surface area contributed by atoms with Crippen LogP contribution in [0.5, 0.6) is 0 Å². The van der Waals surface area contributed by atoms with Crippen LogP contribution in [-0.4, -0.2) is 46.4 Å². The summed E-state index contributed by atoms with van der Waals surface area (Å²) in [6.45, 7) is 1.84. The average molecular weight is 434 g/mol. The zero-order valence-electron chi connectivity index (χ0n) is 16.2. The molecule has 1 aromatic carbocycles. The van der Waals surface area contributed by atoms with Crippen LogP contribution < -0.4 is 16.1 Å². The quantitative estimate of drug-likeness (QED) is 0.602. The van der Waals surface area contributed by atoms with Crippen LogP contribution in [0.2, 0.25) is 0 Å². The Hall–Kier alpha value is -3.60. The van der Waals surface area contributed by atoms with Crippen LogP contribution in [0.4, 0.5) is 24.7 Å². The summed E-state index contributed by atoms with van der Waals surface area (Å²) < 4.78 is 48.9. The minimum absolute atomic E-state index is 0.00764. The van der Waals surface area contributed by atoms with Crippen molar-refractivity contribution < 1.29 is 27.8 Å². The smallest absolute Gasteiger partial charge is 0.343 e. The van der Waals surface area contributed by atoms with Gasteiger partial charge in [-0.05, 0) is 19.1 Å². The van der Waals surface area contributed by atoms with E-state index in [1.807, 2.05) is 0 Å². The number of esters is 1. The fraction of sp³-hybridized carbons (Fsp3) is 0.250. The maximum atomic E-state index is 14.8. The Morgan fingerprint density at radius 2 is 1.94 bits per heavy atom. The molecule has 1 saturated heterocycles. The van der Waals surface area contributed by atoms with Crippen LogP contribution >= 0.6 is 0 Å². The third kappa shape index (κ3) is 3.46. The molecule has 2 aromatic heterocycles. The molecule has 1 fully saturated rings. The Kier molecular flexibility index (Phi) is 5.05. The number of nitrogens with two attached hydrogens (primary N) is 1. The topological polar surface area (TPSA) is 111 Å². The van der Waals surface area contributed by atoms with Crippen LogP contribution in [-0.2, 0) is 4.74 Å². The first-order valence-corrected chi connectivity index (χ1v) is 9.32. The molecule has 0 radical (unpaired) electrons. The van der Waals surface area contributed by atoms with Crippen molar-refractivity contribution in [1.29, 1.82) is 0 Å². The summed E-state index contributed by atoms with van der Waals surface area (Å²) in [6.07, 6.45) is 0.373. The molecule has 3 N–H and O–H groups in total. The van der Waals surface area contributed by atoms with Crippen molar-refractivity contribution in [3.8, 4) is 5.82 Å². The Morgan fingerprint density at radius 1 is 1.23 bits per heavy atom. The second-order valence-corrected chi connectivity index (χ2v) is 7.00. The number of nitrogens with zero attached hydrogens (tertiary/aromatic N) is 3. The molecule has 0 amide bonds. The van der Waals surface area contributed by atoms with Gasteiger partial charge in [0.2, 0.25) is 5.43 Å². The van der Waals surface area contributed by atoms with Crippen molar-refractivity contribution in [3.05, 3.63) is 57.6 Å². The molecule has 0 atom stereocenters. The number of benzene rings is 1. The van der Waals surface area contributed by atoms with Gasteiger partial charge in [-0.1, -0.05) is 0 Å². The number of β-amino-alcohol motifs (C(OH)–C–C–N with tert-alkyl or cyclic N) is 1. The lowest BCUT2D eigenvalue weighted by atomic mass is 10.1. The minimum Gasteiger partial charge on any atom is -0.462 e. The highest BCUT2D eigenvalue weighted by atomic mass is 19.1. The van der Waals surface area contributed by atoms with E-state index in [4.69, 9.17) is 10.5 Å². The van der Waals surface area contributed by atoms with Crippen molar-refractivity contribution in [2.24, 2.45) is 0 Å². The number of nitrogen functional groups attached to an aromatic ring is 1. The van der Waals surface area contributed by atoms with Gasteiger partial charge in [-0.2, -0.15) is 0 Å². The van der Waals surface area contributed by atoms with E-state index in [1.54, 1.807) is 0 Å². The van der Waals surface area contributed by atoms with Crippen LogP contribution in [0, 0.1) is 17.5 Å². The fourth-order valence-corrected chi connectivity index (χ4v) is 3.40. The highest BCUT2D eigenvalue weighted by Gasteiger charge is 2.28. The van der Waals surface area contributed by atoms with Crippen LogP contribution in [0.15, 0.2) is 29.2 Å². The summed E-state index contributed by atoms with van der Waals surface area (Å²) in [6, 6.07) is 2.71. The molecule has 0 bridgehead atoms. The third-order valence-corrected chi connectivity index (χ3v) is 4.94. The second-order valence-electron chi connectivity index (χ2n) is 7.00. The number of aliphatic hydroxyl groups is 1. The molecule has 8 nitrogen and oxygen atoms in total. The molecule has 0 spiro atoms. The monoisotopic (exact) mass is 434 g/mol. The molecule has 1 aliphatic heterocycles. The van der Waals surface area contributed by atoms with Crippen molar-refractivity contribution in [1.82, 2.24) is 9.55 Å². The number of carbonyl (C=O) groups excluding carboxylic acids is 1. The maximum Gasteiger partial charge on any atom is 0.343 e. The van der Waals surface area contributed by atoms with E-state index in [1.165, 1.54) is 17.9 Å². The lowest BCUT2D eigenvalue weighted by molar-refractivity contribution is 0.0524. The third-order valence-electron chi connectivity index (χ3n) is 4.94. The summed E-state index contributed by atoms with van der Waals surface area (Å²) in [7, 11) is 0. The zero-order valence-corrected chi connectivity index (χ0v) is 16.2. The maximum absolute atomic E-state index is 14.8. The molecule has 31 heavy (non-hydrogen) atoms. The molecule has 0 unspecified atom stereocenters. The SMILES string of the molecule is CCOC(=O)c1cn(-c2nc(N)c(F)cc2F)c2cc(N3CC(O)C3)c(F)cc2c1=O. The summed E-state index contributed by atoms with van der Waals surface area (Å²) in [4.78, 5) is 30.4. The number of anilines is 2. The Morgan fingerprint density at radius 3 is 2.58 bits per heavy atom. The van der Waals surface area contributed by atoms with Gasteiger partial charge in [-0.25, -0.2) is 22.9 Å². The predicted octanol–water partition coefficient (Wildman–Crippen LogP) is 1.74. The number of fused-ring (bicyclic) bond motifs is 1. The van der Waals surface area contributed by atoms with Crippen LogP contribution in [0.1, 0.15) is 17.3 Å². The van der Waals surface area contributed by atoms with Gasteiger partial charge in [0.1, 0.15) is 11.4 Å². The largest absolute Gasteiger partial charge is 0.462 e. The first-order chi connectivity index (χ1) is 14.7. The van der Waals surface area contributed by atoms with Gasteiger partial charge in [-0.15, -0.1) is 0 Å². The Labute approximate surface area is 173 Å². The van der Waals surface area contributed by atoms with E-state index in [2.05, 4.69) is 4.98 Å². The van der Waals surface area contributed by atoms with Gasteiger partial charge >= 0.3 is 5.97 Å². The molecule has 0 aliphatic carbocycles. The number of aromatic nitrogens is 2. The van der Waals surface area contributed by atoms with Gasteiger partial charge < -0.3 is 20.5 Å². The molecule has 4 rings (SSSR count). The van der Waals surface area contributed by atoms with E-state index < -0.39 is 52.2 Å². The van der Waals surface area contributed by atoms with Crippen LogP contribution in [0.25, 0.3) is 16.7 Å². The number of halogens is 3. The van der Waals surface area contributed by atoms with E-state index in [0.717, 1.165) is 16.8 Å². The fourth-order valence-electron chi connectivity index (χ4n) is 3.40. The average Bonchev–Trinajstić information content (AvgIpc) is 2.69. The molecule has 11 heteroatoms. The van der Waals surface area contributed by atoms with Crippen molar-refractivity contribution in [3.63, 3.8) is 0 Å². The predicted molar refractivity (Wildman–Crippen MR) is 106 cm³/mol. The molecular formula is C20H17F3N4O4. The molecule has 3 heterocycles. The van der Waals surface area contributed by atoms with E-state index in [0.29, 0.717) is 6.07 Å². The van der Waals surface area contributed by atoms with Gasteiger partial charge in [0.25, 0.3) is 0 Å². The van der Waals surface area contributed by atoms with Gasteiger partial charge in [0, 0.05) is 25.4 Å². The highest BCUT2D eigenvalue weighted by Crippen LogP contribution is 2.30. The van der Waals surface area contributed by atoms with E-state index >= 15 is 0 Å². The Bertz CT molecular complexity index is 1270. The lowest BCUT2D eigenvalue weighted by Crippen LogP contribution is -2.51. The van der Waals surface area contributed by atoms with Gasteiger partial charge in [-0.3, -0.25) is 9.36 Å². The summed E-state index contributed by atoms with van der Waals surface area (Å²) in [5, 5.41) is 9.28. The van der Waals surface area contributed by atoms with E-state index in [9.17, 15) is 27.9 Å². The summed E-state index contributed by atoms with van der Waals surface area (Å²) in [5.41, 5.74) is 4.24. The number of hydrogen-bond donors (Lipinski definition) is 2. The van der Waals surface area contributed by atoms with Crippen molar-refractivity contribution >= 4 is 28.4 Å². The first-order valence-electron chi connectivity index (χ1n) is 9.32. The molecule has 3 aromatic rings. The van der Waals surface area contributed by atoms with Gasteiger partial charge in [0.15, 0.2) is 23.3 Å². The van der Waals surface area contributed by atoms with Crippen LogP contribution in [0.3, 0.4) is 0 Å². The normalized spacial score (nSPS) is 14.0. The van der Waals surface area contributed by atoms with Crippen molar-refractivity contribution in [2.45, 2.75) is 13.0 Å². The second kappa shape index (κ2) is 7.58. The summed E-state index contributed by atoms with van der Waals surface area (Å²) >= 11 is 0. The first kappa shape index (κ1) is 20.7. The number of pyridine rings is 2. The van der Waals surface area contributed by atoms with Crippen molar-refractivity contribution in [2.75, 3.05) is 30.3 Å². The van der Waals surface area contributed by atoms with E-state index in [-0.39, 0.29) is 36.3 Å². The zero-order chi connectivity index (χ0) is 22.4. The number of aliphatic hydroxyl groups excluding tert-OH is 1. The molecule has 1 aliphatic rings.